The van der Waals surface area contributed by atoms with Gasteiger partial charge in [-0.25, -0.2) is 0 Å². The van der Waals surface area contributed by atoms with Crippen molar-refractivity contribution in [1.82, 2.24) is 15.5 Å². The molecule has 1 aliphatic rings. The van der Waals surface area contributed by atoms with E-state index in [4.69, 9.17) is 0 Å². The smallest absolute Gasteiger partial charge is 0.224 e. The zero-order valence-electron chi connectivity index (χ0n) is 11.8. The van der Waals surface area contributed by atoms with Crippen LogP contribution in [0.15, 0.2) is 17.5 Å². The molecule has 2 rings (SSSR count). The Morgan fingerprint density at radius 3 is 2.95 bits per heavy atom. The van der Waals surface area contributed by atoms with E-state index in [1.165, 1.54) is 4.88 Å². The molecule has 0 aromatic carbocycles. The predicted molar refractivity (Wildman–Crippen MR) is 79.3 cm³/mol. The topological polar surface area (TPSA) is 44.4 Å². The Hall–Kier alpha value is -0.910. The lowest BCUT2D eigenvalue weighted by Gasteiger charge is -2.24. The number of carbonyl (C=O) groups excluding carboxylic acids is 1. The van der Waals surface area contributed by atoms with Gasteiger partial charge in [0.05, 0.1) is 12.0 Å². The highest BCUT2D eigenvalue weighted by molar-refractivity contribution is 7.10. The minimum atomic E-state index is 0.117. The van der Waals surface area contributed by atoms with E-state index in [0.29, 0.717) is 12.6 Å². The minimum absolute atomic E-state index is 0.117. The lowest BCUT2D eigenvalue weighted by molar-refractivity contribution is -0.125. The molecule has 5 heteroatoms. The van der Waals surface area contributed by atoms with Crippen molar-refractivity contribution in [3.8, 4) is 0 Å². The van der Waals surface area contributed by atoms with E-state index in [9.17, 15) is 4.79 Å². The van der Waals surface area contributed by atoms with Crippen molar-refractivity contribution in [3.63, 3.8) is 0 Å². The first-order valence-electron chi connectivity index (χ1n) is 6.80. The summed E-state index contributed by atoms with van der Waals surface area (Å²) in [6, 6.07) is 4.73. The number of likely N-dealkylation sites (N-methyl/N-ethyl adjacent to an activating group) is 1. The number of hydrogen-bond acceptors (Lipinski definition) is 4. The molecule has 0 bridgehead atoms. The zero-order chi connectivity index (χ0) is 13.8. The molecule has 0 radical (unpaired) electrons. The summed E-state index contributed by atoms with van der Waals surface area (Å²) in [5.41, 5.74) is 0. The van der Waals surface area contributed by atoms with E-state index >= 15 is 0 Å². The maximum absolute atomic E-state index is 12.2. The summed E-state index contributed by atoms with van der Waals surface area (Å²) in [4.78, 5) is 15.6. The molecule has 19 heavy (non-hydrogen) atoms. The number of rotatable bonds is 5. The molecule has 1 fully saturated rings. The van der Waals surface area contributed by atoms with Crippen LogP contribution in [-0.2, 0) is 4.79 Å². The van der Waals surface area contributed by atoms with Crippen LogP contribution >= 0.6 is 11.3 Å². The highest BCUT2D eigenvalue weighted by Crippen LogP contribution is 2.23. The summed E-state index contributed by atoms with van der Waals surface area (Å²) in [6.45, 7) is 3.71. The maximum atomic E-state index is 12.2. The van der Waals surface area contributed by atoms with Crippen molar-refractivity contribution in [2.75, 3.05) is 27.2 Å². The third-order valence-corrected chi connectivity index (χ3v) is 4.80. The molecular formula is C14H23N3OS. The highest BCUT2D eigenvalue weighted by Gasteiger charge is 2.29. The maximum Gasteiger partial charge on any atom is 0.224 e. The van der Waals surface area contributed by atoms with Gasteiger partial charge in [0.1, 0.15) is 0 Å². The third kappa shape index (κ3) is 3.55. The molecule has 1 aliphatic heterocycles. The first-order chi connectivity index (χ1) is 9.09. The van der Waals surface area contributed by atoms with E-state index in [-0.39, 0.29) is 17.9 Å². The number of nitrogens with zero attached hydrogens (tertiary/aromatic N) is 1. The molecule has 0 aliphatic carbocycles. The molecular weight excluding hydrogens is 258 g/mol. The van der Waals surface area contributed by atoms with Crippen molar-refractivity contribution >= 4 is 17.2 Å². The molecule has 1 aromatic rings. The van der Waals surface area contributed by atoms with Crippen molar-refractivity contribution in [2.24, 2.45) is 5.92 Å². The summed E-state index contributed by atoms with van der Waals surface area (Å²) in [7, 11) is 4.10. The van der Waals surface area contributed by atoms with Crippen LogP contribution in [0.2, 0.25) is 0 Å². The van der Waals surface area contributed by atoms with Gasteiger partial charge in [0.2, 0.25) is 5.91 Å². The van der Waals surface area contributed by atoms with Gasteiger partial charge in [-0.15, -0.1) is 11.3 Å². The Labute approximate surface area is 119 Å². The molecule has 106 valence electrons. The second-order valence-electron chi connectivity index (χ2n) is 5.38. The molecule has 2 N–H and O–H groups in total. The Kier molecular flexibility index (Phi) is 4.96. The van der Waals surface area contributed by atoms with Crippen LogP contribution in [0.25, 0.3) is 0 Å². The van der Waals surface area contributed by atoms with E-state index < -0.39 is 0 Å². The van der Waals surface area contributed by atoms with Gasteiger partial charge in [-0.2, -0.15) is 0 Å². The van der Waals surface area contributed by atoms with Gasteiger partial charge in [0.25, 0.3) is 0 Å². The fourth-order valence-electron chi connectivity index (χ4n) is 2.56. The normalized spacial score (nSPS) is 24.6. The summed E-state index contributed by atoms with van der Waals surface area (Å²) in [6.07, 6.45) is 0.943. The Bertz CT molecular complexity index is 405. The molecule has 2 heterocycles. The van der Waals surface area contributed by atoms with E-state index in [1.807, 2.05) is 0 Å². The van der Waals surface area contributed by atoms with Crippen LogP contribution in [0.1, 0.15) is 24.3 Å². The second-order valence-corrected chi connectivity index (χ2v) is 6.36. The summed E-state index contributed by atoms with van der Waals surface area (Å²) in [5.74, 6) is 0.298. The Morgan fingerprint density at radius 1 is 1.63 bits per heavy atom. The number of nitrogens with one attached hydrogen (secondary N) is 2. The number of thiophene rings is 1. The summed E-state index contributed by atoms with van der Waals surface area (Å²) in [5, 5.41) is 8.51. The molecule has 4 nitrogen and oxygen atoms in total. The third-order valence-electron chi connectivity index (χ3n) is 3.83. The Morgan fingerprint density at radius 2 is 2.42 bits per heavy atom. The number of carbonyl (C=O) groups is 1. The fraction of sp³-hybridized carbons (Fsp3) is 0.643. The first-order valence-corrected chi connectivity index (χ1v) is 7.68. The van der Waals surface area contributed by atoms with Crippen LogP contribution in [0.3, 0.4) is 0 Å². The van der Waals surface area contributed by atoms with Crippen molar-refractivity contribution in [2.45, 2.75) is 25.4 Å². The van der Waals surface area contributed by atoms with Crippen molar-refractivity contribution < 1.29 is 4.79 Å². The lowest BCUT2D eigenvalue weighted by Crippen LogP contribution is -2.40. The average Bonchev–Trinajstić information content (AvgIpc) is 3.00. The van der Waals surface area contributed by atoms with E-state index in [0.717, 1.165) is 13.0 Å². The molecule has 3 unspecified atom stereocenters. The summed E-state index contributed by atoms with van der Waals surface area (Å²) >= 11 is 1.74. The Balaban J connectivity index is 1.90. The van der Waals surface area contributed by atoms with Crippen LogP contribution < -0.4 is 10.6 Å². The molecule has 3 atom stereocenters. The van der Waals surface area contributed by atoms with Crippen molar-refractivity contribution in [3.05, 3.63) is 22.4 Å². The highest BCUT2D eigenvalue weighted by atomic mass is 32.1. The van der Waals surface area contributed by atoms with Gasteiger partial charge in [-0.1, -0.05) is 6.07 Å². The lowest BCUT2D eigenvalue weighted by atomic mass is 10.0. The standard InChI is InChI=1S/C14H23N3OS/c1-10-11(6-7-15-10)14(18)16-9-12(17(2)3)13-5-4-8-19-13/h4-5,8,10-12,15H,6-7,9H2,1-3H3,(H,16,18). The van der Waals surface area contributed by atoms with Gasteiger partial charge >= 0.3 is 0 Å². The van der Waals surface area contributed by atoms with Gasteiger partial charge in [-0.3, -0.25) is 4.79 Å². The first kappa shape index (κ1) is 14.5. The molecule has 1 amide bonds. The molecule has 0 saturated carbocycles. The van der Waals surface area contributed by atoms with Gasteiger partial charge in [0.15, 0.2) is 0 Å². The fourth-order valence-corrected chi connectivity index (χ4v) is 3.49. The number of hydrogen-bond donors (Lipinski definition) is 2. The average molecular weight is 281 g/mol. The quantitative estimate of drug-likeness (QED) is 0.859. The van der Waals surface area contributed by atoms with E-state index in [1.54, 1.807) is 11.3 Å². The zero-order valence-corrected chi connectivity index (χ0v) is 12.7. The van der Waals surface area contributed by atoms with Crippen LogP contribution in [0, 0.1) is 5.92 Å². The monoisotopic (exact) mass is 281 g/mol. The summed E-state index contributed by atoms with van der Waals surface area (Å²) < 4.78 is 0. The minimum Gasteiger partial charge on any atom is -0.354 e. The van der Waals surface area contributed by atoms with Gasteiger partial charge < -0.3 is 15.5 Å². The van der Waals surface area contributed by atoms with Gasteiger partial charge in [0, 0.05) is 17.5 Å². The molecule has 1 aromatic heterocycles. The molecule has 1 saturated heterocycles. The van der Waals surface area contributed by atoms with Crippen molar-refractivity contribution in [1.29, 1.82) is 0 Å². The SMILES string of the molecule is CC1NCCC1C(=O)NCC(c1cccs1)N(C)C. The van der Waals surface area contributed by atoms with Gasteiger partial charge in [-0.05, 0) is 45.4 Å². The van der Waals surface area contributed by atoms with Crippen LogP contribution in [0.4, 0.5) is 0 Å². The number of amides is 1. The van der Waals surface area contributed by atoms with E-state index in [2.05, 4.69) is 54.1 Å². The van der Waals surface area contributed by atoms with Crippen LogP contribution in [0.5, 0.6) is 0 Å². The largest absolute Gasteiger partial charge is 0.354 e. The van der Waals surface area contributed by atoms with Crippen LogP contribution in [-0.4, -0.2) is 44.0 Å². The predicted octanol–water partition coefficient (Wildman–Crippen LogP) is 1.46. The molecule has 0 spiro atoms. The second kappa shape index (κ2) is 6.50.